The Morgan fingerprint density at radius 2 is 0.887 bits per heavy atom. The molecule has 0 bridgehead atoms. The Labute approximate surface area is 349 Å². The fraction of sp³-hybridized carbons (Fsp3) is 0.106. The molecular weight excluding hydrogens is 863 g/mol. The first-order valence-corrected chi connectivity index (χ1v) is 21.8. The molecule has 0 atom stereocenters. The summed E-state index contributed by atoms with van der Waals surface area (Å²) >= 11 is 0. The third kappa shape index (κ3) is 6.37. The van der Waals surface area contributed by atoms with Gasteiger partial charge >= 0.3 is 33.4 Å². The summed E-state index contributed by atoms with van der Waals surface area (Å²) in [6.07, 6.45) is -7.29. The average molecular weight is 893 g/mol. The molecule has 7 aromatic carbocycles. The monoisotopic (exact) mass is 892 g/mol. The lowest BCUT2D eigenvalue weighted by Gasteiger charge is -2.34. The van der Waals surface area contributed by atoms with Crippen LogP contribution in [0.3, 0.4) is 0 Å². The van der Waals surface area contributed by atoms with E-state index in [0.29, 0.717) is 38.4 Å². The highest BCUT2D eigenvalue weighted by atomic mass is 32.2. The van der Waals surface area contributed by atoms with Gasteiger partial charge in [-0.05, 0) is 51.1 Å². The van der Waals surface area contributed by atoms with Gasteiger partial charge in [-0.3, -0.25) is 0 Å². The Balaban J connectivity index is 1.39. The molecule has 0 fully saturated rings. The van der Waals surface area contributed by atoms with Crippen molar-refractivity contribution in [2.45, 2.75) is 28.7 Å². The molecule has 62 heavy (non-hydrogen) atoms. The lowest BCUT2D eigenvalue weighted by atomic mass is 9.67. The summed E-state index contributed by atoms with van der Waals surface area (Å²) in [6, 6.07) is 49.1. The van der Waals surface area contributed by atoms with Crippen LogP contribution in [-0.4, -0.2) is 31.7 Å². The van der Waals surface area contributed by atoms with E-state index in [0.717, 1.165) is 6.07 Å². The van der Waals surface area contributed by atoms with Crippen LogP contribution < -0.4 is 20.1 Å². The summed E-state index contributed by atoms with van der Waals surface area (Å²) in [5.74, 6) is -16.2. The van der Waals surface area contributed by atoms with Gasteiger partial charge in [0.15, 0.2) is 12.9 Å². The highest BCUT2D eigenvalue weighted by Gasteiger charge is 2.86. The highest BCUT2D eigenvalue weighted by Crippen LogP contribution is 2.59. The van der Waals surface area contributed by atoms with Gasteiger partial charge in [0.25, 0.3) is 0 Å². The third-order valence-corrected chi connectivity index (χ3v) is 15.3. The molecule has 15 heteroatoms. The van der Waals surface area contributed by atoms with Crippen molar-refractivity contribution in [3.8, 4) is 28.0 Å². The van der Waals surface area contributed by atoms with E-state index in [4.69, 9.17) is 4.18 Å². The van der Waals surface area contributed by atoms with Crippen LogP contribution in [0.25, 0.3) is 22.3 Å². The zero-order valence-corrected chi connectivity index (χ0v) is 33.4. The van der Waals surface area contributed by atoms with E-state index < -0.39 is 51.7 Å². The smallest absolute Gasteiger partial charge is 0.377 e. The number of benzene rings is 7. The second-order valence-electron chi connectivity index (χ2n) is 14.4. The van der Waals surface area contributed by atoms with Gasteiger partial charge in [-0.2, -0.15) is 47.9 Å². The summed E-state index contributed by atoms with van der Waals surface area (Å²) in [4.78, 5) is 0. The Bertz CT molecular complexity index is 2850. The van der Waals surface area contributed by atoms with Crippen LogP contribution in [-0.2, 0) is 20.1 Å². The average Bonchev–Trinajstić information content (AvgIpc) is 3.56. The summed E-state index contributed by atoms with van der Waals surface area (Å²) in [5, 5.41) is -5.98. The van der Waals surface area contributed by atoms with Crippen molar-refractivity contribution in [2.24, 2.45) is 0 Å². The zero-order valence-electron chi connectivity index (χ0n) is 31.7. The maximum atomic E-state index is 15.4. The number of alkyl halides is 9. The topological polar surface area (TPSA) is 60.4 Å². The molecule has 0 aromatic heterocycles. The van der Waals surface area contributed by atoms with Crippen molar-refractivity contribution < 1.29 is 56.7 Å². The number of hydrogen-bond acceptors (Lipinski definition) is 4. The van der Waals surface area contributed by atoms with Crippen LogP contribution in [0.15, 0.2) is 182 Å². The molecule has 0 spiro atoms. The Hall–Kier alpha value is -6.11. The van der Waals surface area contributed by atoms with E-state index in [9.17, 15) is 39.2 Å². The number of halogens is 9. The lowest BCUT2D eigenvalue weighted by molar-refractivity contribution is -0.382. The zero-order chi connectivity index (χ0) is 44.3. The van der Waals surface area contributed by atoms with E-state index in [2.05, 4.69) is 0 Å². The van der Waals surface area contributed by atoms with E-state index in [1.165, 1.54) is 30.3 Å². The summed E-state index contributed by atoms with van der Waals surface area (Å²) in [6.45, 7) is 0. The first-order chi connectivity index (χ1) is 29.3. The molecule has 0 amide bonds. The van der Waals surface area contributed by atoms with Crippen LogP contribution in [0.5, 0.6) is 5.75 Å². The first-order valence-electron chi connectivity index (χ1n) is 18.7. The first kappa shape index (κ1) is 42.6. The fourth-order valence-electron chi connectivity index (χ4n) is 8.02. The molecule has 8 rings (SSSR count). The molecule has 0 aliphatic heterocycles. The van der Waals surface area contributed by atoms with Crippen molar-refractivity contribution in [2.75, 3.05) is 0 Å². The molecule has 4 nitrogen and oxygen atoms in total. The molecule has 7 aromatic rings. The van der Waals surface area contributed by atoms with Gasteiger partial charge in [0.2, 0.25) is 0 Å². The highest BCUT2D eigenvalue weighted by molar-refractivity contribution is 7.88. The normalized spacial score (nSPS) is 14.2. The number of fused-ring (bicyclic) bond motifs is 3. The predicted molar refractivity (Wildman–Crippen MR) is 219 cm³/mol. The van der Waals surface area contributed by atoms with Gasteiger partial charge in [0.1, 0.15) is 0 Å². The second kappa shape index (κ2) is 15.1. The van der Waals surface area contributed by atoms with E-state index in [1.54, 1.807) is 146 Å². The Morgan fingerprint density at radius 3 is 1.37 bits per heavy atom. The largest absolute Gasteiger partial charge is 0.460 e. The van der Waals surface area contributed by atoms with Crippen molar-refractivity contribution in [3.63, 3.8) is 0 Å². The molecule has 1 aliphatic rings. The Kier molecular flexibility index (Phi) is 10.3. The van der Waals surface area contributed by atoms with Gasteiger partial charge in [-0.15, -0.1) is 0 Å². The minimum atomic E-state index is -7.54. The fourth-order valence-corrected chi connectivity index (χ4v) is 11.6. The van der Waals surface area contributed by atoms with Crippen molar-refractivity contribution in [3.05, 3.63) is 204 Å². The summed E-state index contributed by atoms with van der Waals surface area (Å²) < 4.78 is 175. The van der Waals surface area contributed by atoms with Gasteiger partial charge < -0.3 is 8.75 Å². The lowest BCUT2D eigenvalue weighted by Crippen LogP contribution is -2.63. The molecular formula is C47H30F9O4PS. The minimum absolute atomic E-state index is 0.0143. The van der Waals surface area contributed by atoms with Crippen LogP contribution in [0.4, 0.5) is 39.5 Å². The maximum absolute atomic E-state index is 15.4. The quantitative estimate of drug-likeness (QED) is 0.0737. The molecule has 0 saturated heterocycles. The second-order valence-corrected chi connectivity index (χ2v) is 18.8. The molecule has 0 saturated carbocycles. The van der Waals surface area contributed by atoms with Crippen molar-refractivity contribution >= 4 is 33.2 Å². The van der Waals surface area contributed by atoms with E-state index >= 15 is 13.3 Å². The Morgan fingerprint density at radius 1 is 0.452 bits per heavy atom. The van der Waals surface area contributed by atoms with Crippen LogP contribution in [0, 0.1) is 0 Å². The standard InChI is InChI=1S/C47H30F9O4PS/c48-44(49,46(52,53)54)45(50,51)47(55,56)62(58,59)60-42-30-41-39(37-23-13-14-24-40(37)43(41,32-15-5-1-6-16-32)33-17-7-2-8-18-33)29-38(42)31-25-27-36(28-26-31)61(57,34-19-9-3-10-20-34)35-21-11-4-12-22-35/h1-30H. The van der Waals surface area contributed by atoms with Crippen molar-refractivity contribution in [1.82, 2.24) is 0 Å². The summed E-state index contributed by atoms with van der Waals surface area (Å²) in [5.41, 5.74) is 1.13. The summed E-state index contributed by atoms with van der Waals surface area (Å²) in [7, 11) is -11.0. The van der Waals surface area contributed by atoms with Gasteiger partial charge in [0.05, 0.1) is 5.41 Å². The molecule has 0 radical (unpaired) electrons. The van der Waals surface area contributed by atoms with Crippen molar-refractivity contribution in [1.29, 1.82) is 0 Å². The van der Waals surface area contributed by atoms with Crippen LogP contribution in [0.1, 0.15) is 22.3 Å². The molecule has 0 heterocycles. The molecule has 0 unspecified atom stereocenters. The molecule has 1 aliphatic carbocycles. The van der Waals surface area contributed by atoms with Crippen LogP contribution in [0.2, 0.25) is 0 Å². The molecule has 0 N–H and O–H groups in total. The van der Waals surface area contributed by atoms with Crippen LogP contribution >= 0.6 is 7.14 Å². The third-order valence-electron chi connectivity index (χ3n) is 11.0. The maximum Gasteiger partial charge on any atom is 0.460 e. The SMILES string of the molecule is O=P(c1ccccc1)(c1ccccc1)c1ccc(-c2cc3c(cc2OS(=O)(=O)C(F)(F)C(F)(F)C(F)(F)C(F)(F)F)C(c2ccccc2)(c2ccccc2)c2ccccc2-3)cc1. The van der Waals surface area contributed by atoms with Gasteiger partial charge in [-0.1, -0.05) is 170 Å². The molecule has 316 valence electrons. The number of hydrogen-bond donors (Lipinski definition) is 0. The van der Waals surface area contributed by atoms with Gasteiger partial charge in [0, 0.05) is 21.5 Å². The predicted octanol–water partition coefficient (Wildman–Crippen LogP) is 11.5. The van der Waals surface area contributed by atoms with E-state index in [1.807, 2.05) is 0 Å². The minimum Gasteiger partial charge on any atom is -0.377 e. The number of rotatable bonds is 11. The van der Waals surface area contributed by atoms with Gasteiger partial charge in [-0.25, -0.2) is 0 Å². The van der Waals surface area contributed by atoms with E-state index in [-0.39, 0.29) is 22.0 Å².